The van der Waals surface area contributed by atoms with Crippen LogP contribution in [0.25, 0.3) is 0 Å². The van der Waals surface area contributed by atoms with Crippen molar-refractivity contribution in [2.24, 2.45) is 0 Å². The average molecular weight is 585 g/mol. The fraction of sp³-hybridized carbons (Fsp3) is 0.0500. The van der Waals surface area contributed by atoms with Crippen LogP contribution in [0.1, 0.15) is 15.9 Å². The molecule has 0 atom stereocenters. The van der Waals surface area contributed by atoms with Gasteiger partial charge < -0.3 is 4.74 Å². The number of nitro groups is 1. The Bertz CT molecular complexity index is 1450. The smallest absolute Gasteiger partial charge is 0.416 e. The van der Waals surface area contributed by atoms with Crippen molar-refractivity contribution in [2.45, 2.75) is 6.18 Å². The van der Waals surface area contributed by atoms with Crippen LogP contribution in [0, 0.1) is 10.1 Å². The van der Waals surface area contributed by atoms with Crippen molar-refractivity contribution in [2.75, 3.05) is 4.72 Å². The van der Waals surface area contributed by atoms with Crippen LogP contribution in [0.4, 0.5) is 24.5 Å². The maximum atomic E-state index is 12.8. The van der Waals surface area contributed by atoms with Crippen LogP contribution in [-0.2, 0) is 16.4 Å². The molecule has 9 nitrogen and oxygen atoms in total. The summed E-state index contributed by atoms with van der Waals surface area (Å²) < 4.78 is 72.2. The van der Waals surface area contributed by atoms with E-state index in [1.165, 1.54) is 18.2 Å². The molecule has 0 radical (unpaired) electrons. The topological polar surface area (TPSA) is 128 Å². The molecule has 0 aromatic heterocycles. The van der Waals surface area contributed by atoms with Gasteiger partial charge in [0.2, 0.25) is 0 Å². The molecule has 1 amide bonds. The van der Waals surface area contributed by atoms with Crippen molar-refractivity contribution in [1.29, 1.82) is 0 Å². The molecule has 0 saturated heterocycles. The minimum absolute atomic E-state index is 0.0878. The van der Waals surface area contributed by atoms with E-state index in [1.54, 1.807) is 4.72 Å². The highest BCUT2D eigenvalue weighted by molar-refractivity contribution is 7.91. The summed E-state index contributed by atoms with van der Waals surface area (Å²) in [5, 5.41) is 10.8. The van der Waals surface area contributed by atoms with E-state index in [0.717, 1.165) is 24.3 Å². The van der Waals surface area contributed by atoms with Crippen molar-refractivity contribution in [3.8, 4) is 11.5 Å². The molecule has 36 heavy (non-hydrogen) atoms. The third kappa shape index (κ3) is 6.49. The fourth-order valence-corrected chi connectivity index (χ4v) is 4.46. The van der Waals surface area contributed by atoms with Gasteiger partial charge in [0, 0.05) is 12.1 Å². The van der Waals surface area contributed by atoms with Crippen molar-refractivity contribution >= 4 is 62.3 Å². The first-order valence-corrected chi connectivity index (χ1v) is 11.9. The number of amides is 1. The maximum Gasteiger partial charge on any atom is 0.416 e. The third-order valence-electron chi connectivity index (χ3n) is 4.32. The van der Waals surface area contributed by atoms with Crippen molar-refractivity contribution in [3.05, 3.63) is 90.9 Å². The van der Waals surface area contributed by atoms with Gasteiger partial charge >= 0.3 is 16.4 Å². The average Bonchev–Trinajstić information content (AvgIpc) is 2.76. The van der Waals surface area contributed by atoms with E-state index >= 15 is 0 Å². The molecule has 2 N–H and O–H groups in total. The van der Waals surface area contributed by atoms with Crippen molar-refractivity contribution < 1.29 is 36.0 Å². The number of nitro benzene ring substituents is 1. The highest BCUT2D eigenvalue weighted by atomic mass is 35.5. The lowest BCUT2D eigenvalue weighted by Crippen LogP contribution is -2.35. The summed E-state index contributed by atoms with van der Waals surface area (Å²) in [6.07, 6.45) is -4.66. The summed E-state index contributed by atoms with van der Waals surface area (Å²) in [5.74, 6) is -1.94. The van der Waals surface area contributed by atoms with Crippen LogP contribution in [0.15, 0.2) is 54.6 Å². The Morgan fingerprint density at radius 3 is 2.17 bits per heavy atom. The fourth-order valence-electron chi connectivity index (χ4n) is 2.74. The summed E-state index contributed by atoms with van der Waals surface area (Å²) >= 11 is 17.6. The van der Waals surface area contributed by atoms with Crippen molar-refractivity contribution in [1.82, 2.24) is 4.72 Å². The molecule has 0 spiro atoms. The molecule has 0 unspecified atom stereocenters. The number of ether oxygens (including phenoxy) is 1. The predicted octanol–water partition coefficient (Wildman–Crippen LogP) is 6.45. The number of nitrogens with one attached hydrogen (secondary N) is 2. The molecule has 0 saturated carbocycles. The minimum atomic E-state index is -4.68. The number of hydrogen-bond donors (Lipinski definition) is 2. The number of anilines is 1. The molecular weight excluding hydrogens is 574 g/mol. The van der Waals surface area contributed by atoms with Gasteiger partial charge in [-0.05, 0) is 36.4 Å². The van der Waals surface area contributed by atoms with E-state index in [4.69, 9.17) is 39.5 Å². The highest BCUT2D eigenvalue weighted by Crippen LogP contribution is 2.37. The van der Waals surface area contributed by atoms with Crippen LogP contribution in [-0.4, -0.2) is 19.2 Å². The van der Waals surface area contributed by atoms with Crippen LogP contribution < -0.4 is 14.2 Å². The summed E-state index contributed by atoms with van der Waals surface area (Å²) in [6.45, 7) is 0. The van der Waals surface area contributed by atoms with E-state index in [-0.39, 0.29) is 27.2 Å². The normalized spacial score (nSPS) is 11.6. The quantitative estimate of drug-likeness (QED) is 0.243. The molecular formula is C20H11Cl3F3N3O6S. The van der Waals surface area contributed by atoms with Crippen LogP contribution >= 0.6 is 34.8 Å². The lowest BCUT2D eigenvalue weighted by Gasteiger charge is -2.13. The molecule has 3 aromatic rings. The Morgan fingerprint density at radius 2 is 1.61 bits per heavy atom. The standard InChI is InChI=1S/C20H11Cl3F3N3O6S/c21-13-2-1-3-14(22)18(13)27-36(33,34)28-19(30)12-9-11(5-6-16(12)29(31)32)35-17-7-4-10(8-15(17)23)20(24,25)26/h1-9,27H,(H,28,30). The Hall–Kier alpha value is -3.26. The monoisotopic (exact) mass is 583 g/mol. The van der Waals surface area contributed by atoms with Gasteiger partial charge in [-0.1, -0.05) is 40.9 Å². The van der Waals surface area contributed by atoms with Gasteiger partial charge in [-0.25, -0.2) is 4.72 Å². The Morgan fingerprint density at radius 1 is 0.972 bits per heavy atom. The lowest BCUT2D eigenvalue weighted by atomic mass is 10.1. The number of alkyl halides is 3. The van der Waals surface area contributed by atoms with Crippen LogP contribution in [0.5, 0.6) is 11.5 Å². The van der Waals surface area contributed by atoms with E-state index in [1.807, 2.05) is 4.72 Å². The van der Waals surface area contributed by atoms with Crippen LogP contribution in [0.2, 0.25) is 15.1 Å². The first-order chi connectivity index (χ1) is 16.7. The molecule has 16 heteroatoms. The maximum absolute atomic E-state index is 12.8. The molecule has 0 aliphatic heterocycles. The summed E-state index contributed by atoms with van der Waals surface area (Å²) in [6, 6.07) is 9.00. The van der Waals surface area contributed by atoms with E-state index < -0.39 is 49.1 Å². The molecule has 3 aromatic carbocycles. The van der Waals surface area contributed by atoms with Gasteiger partial charge in [0.05, 0.1) is 31.2 Å². The minimum Gasteiger partial charge on any atom is -0.456 e. The summed E-state index contributed by atoms with van der Waals surface area (Å²) in [7, 11) is -4.68. The largest absolute Gasteiger partial charge is 0.456 e. The first kappa shape index (κ1) is 27.3. The van der Waals surface area contributed by atoms with Gasteiger partial charge in [-0.2, -0.15) is 21.6 Å². The second kappa shape index (κ2) is 10.4. The third-order valence-corrected chi connectivity index (χ3v) is 6.17. The molecule has 190 valence electrons. The van der Waals surface area contributed by atoms with Gasteiger partial charge in [0.15, 0.2) is 0 Å². The van der Waals surface area contributed by atoms with Gasteiger partial charge in [-0.15, -0.1) is 0 Å². The van der Waals surface area contributed by atoms with Crippen molar-refractivity contribution in [3.63, 3.8) is 0 Å². The molecule has 0 aliphatic rings. The highest BCUT2D eigenvalue weighted by Gasteiger charge is 2.31. The van der Waals surface area contributed by atoms with Gasteiger partial charge in [-0.3, -0.25) is 19.6 Å². The Balaban J connectivity index is 1.90. The number of rotatable bonds is 7. The lowest BCUT2D eigenvalue weighted by molar-refractivity contribution is -0.385. The van der Waals surface area contributed by atoms with E-state index in [0.29, 0.717) is 12.1 Å². The zero-order valence-corrected chi connectivity index (χ0v) is 20.4. The number of carbonyl (C=O) groups excluding carboxylic acids is 1. The molecule has 0 fully saturated rings. The number of carbonyl (C=O) groups is 1. The van der Waals surface area contributed by atoms with E-state index in [2.05, 4.69) is 0 Å². The van der Waals surface area contributed by atoms with E-state index in [9.17, 15) is 36.5 Å². The second-order valence-electron chi connectivity index (χ2n) is 6.81. The van der Waals surface area contributed by atoms with Crippen LogP contribution in [0.3, 0.4) is 0 Å². The Labute approximate surface area is 216 Å². The molecule has 0 bridgehead atoms. The van der Waals surface area contributed by atoms with Gasteiger partial charge in [0.1, 0.15) is 17.1 Å². The summed E-state index contributed by atoms with van der Waals surface area (Å²) in [4.78, 5) is 23.1. The predicted molar refractivity (Wildman–Crippen MR) is 126 cm³/mol. The van der Waals surface area contributed by atoms with Gasteiger partial charge in [0.25, 0.3) is 11.6 Å². The number of nitrogens with zero attached hydrogens (tertiary/aromatic N) is 1. The number of halogens is 6. The summed E-state index contributed by atoms with van der Waals surface area (Å²) in [5.41, 5.74) is -2.81. The number of benzene rings is 3. The zero-order chi connectivity index (χ0) is 26.8. The molecule has 0 heterocycles. The number of hydrogen-bond acceptors (Lipinski definition) is 6. The second-order valence-corrected chi connectivity index (χ2v) is 9.45. The molecule has 0 aliphatic carbocycles. The first-order valence-electron chi connectivity index (χ1n) is 9.30. The molecule has 3 rings (SSSR count). The zero-order valence-electron chi connectivity index (χ0n) is 17.3. The SMILES string of the molecule is O=C(NS(=O)(=O)Nc1c(Cl)cccc1Cl)c1cc(Oc2ccc(C(F)(F)F)cc2Cl)ccc1[N+](=O)[O-]. The number of para-hydroxylation sites is 1. The Kier molecular flexibility index (Phi) is 7.88.